The van der Waals surface area contributed by atoms with Crippen LogP contribution in [0.4, 0.5) is 5.69 Å². The van der Waals surface area contributed by atoms with Gasteiger partial charge in [-0.25, -0.2) is 5.43 Å². The molecular formula is C16H16BrN3O. The zero-order chi connectivity index (χ0) is 15.4. The summed E-state index contributed by atoms with van der Waals surface area (Å²) >= 11 is 3.41. The SMILES string of the molecule is C/C(=N\NC(=O)c1ccc(C)c(Br)c1)c1cccc(N)c1. The Morgan fingerprint density at radius 1 is 1.19 bits per heavy atom. The smallest absolute Gasteiger partial charge is 0.271 e. The summed E-state index contributed by atoms with van der Waals surface area (Å²) in [5.41, 5.74) is 12.1. The van der Waals surface area contributed by atoms with Crippen molar-refractivity contribution in [2.75, 3.05) is 5.73 Å². The van der Waals surface area contributed by atoms with Gasteiger partial charge in [-0.3, -0.25) is 4.79 Å². The first kappa shape index (κ1) is 15.3. The molecule has 2 rings (SSSR count). The van der Waals surface area contributed by atoms with Crippen LogP contribution in [-0.4, -0.2) is 11.6 Å². The molecule has 3 N–H and O–H groups in total. The van der Waals surface area contributed by atoms with Gasteiger partial charge >= 0.3 is 0 Å². The molecule has 0 spiro atoms. The summed E-state index contributed by atoms with van der Waals surface area (Å²) in [6, 6.07) is 12.8. The lowest BCUT2D eigenvalue weighted by atomic mass is 10.1. The van der Waals surface area contributed by atoms with E-state index in [1.807, 2.05) is 38.1 Å². The molecule has 4 nitrogen and oxygen atoms in total. The third-order valence-electron chi connectivity index (χ3n) is 3.06. The quantitative estimate of drug-likeness (QED) is 0.507. The van der Waals surface area contributed by atoms with Gasteiger partial charge in [0.1, 0.15) is 0 Å². The van der Waals surface area contributed by atoms with E-state index >= 15 is 0 Å². The van der Waals surface area contributed by atoms with Crippen molar-refractivity contribution in [1.82, 2.24) is 5.43 Å². The third-order valence-corrected chi connectivity index (χ3v) is 3.92. The van der Waals surface area contributed by atoms with Gasteiger partial charge in [0.25, 0.3) is 5.91 Å². The summed E-state index contributed by atoms with van der Waals surface area (Å²) in [5.74, 6) is -0.251. The summed E-state index contributed by atoms with van der Waals surface area (Å²) in [4.78, 5) is 12.0. The van der Waals surface area contributed by atoms with Crippen molar-refractivity contribution < 1.29 is 4.79 Å². The van der Waals surface area contributed by atoms with Gasteiger partial charge in [0.05, 0.1) is 5.71 Å². The minimum Gasteiger partial charge on any atom is -0.399 e. The number of carbonyl (C=O) groups excluding carboxylic acids is 1. The van der Waals surface area contributed by atoms with Crippen molar-refractivity contribution in [3.05, 3.63) is 63.6 Å². The maximum absolute atomic E-state index is 12.0. The lowest BCUT2D eigenvalue weighted by Crippen LogP contribution is -2.19. The predicted octanol–water partition coefficient (Wildman–Crippen LogP) is 3.49. The molecule has 0 heterocycles. The highest BCUT2D eigenvalue weighted by atomic mass is 79.9. The molecule has 0 aliphatic rings. The van der Waals surface area contributed by atoms with E-state index in [0.717, 1.165) is 15.6 Å². The highest BCUT2D eigenvalue weighted by Gasteiger charge is 2.06. The average Bonchev–Trinajstić information content (AvgIpc) is 2.47. The van der Waals surface area contributed by atoms with Crippen LogP contribution in [0.5, 0.6) is 0 Å². The Morgan fingerprint density at radius 2 is 1.95 bits per heavy atom. The number of hydrogen-bond donors (Lipinski definition) is 2. The van der Waals surface area contributed by atoms with Crippen molar-refractivity contribution in [2.45, 2.75) is 13.8 Å². The Hall–Kier alpha value is -2.14. The first-order valence-corrected chi connectivity index (χ1v) is 7.23. The maximum atomic E-state index is 12.0. The number of halogens is 1. The summed E-state index contributed by atoms with van der Waals surface area (Å²) < 4.78 is 0.895. The third kappa shape index (κ3) is 3.92. The molecule has 0 aromatic heterocycles. The van der Waals surface area contributed by atoms with Gasteiger partial charge < -0.3 is 5.73 Å². The molecule has 0 unspecified atom stereocenters. The first-order valence-electron chi connectivity index (χ1n) is 6.44. The Balaban J connectivity index is 2.12. The average molecular weight is 346 g/mol. The van der Waals surface area contributed by atoms with Crippen molar-refractivity contribution in [1.29, 1.82) is 0 Å². The molecule has 2 aromatic rings. The minimum absolute atomic E-state index is 0.251. The fraction of sp³-hybridized carbons (Fsp3) is 0.125. The van der Waals surface area contributed by atoms with Crippen LogP contribution in [0.2, 0.25) is 0 Å². The molecule has 0 bridgehead atoms. The molecule has 0 fully saturated rings. The number of anilines is 1. The van der Waals surface area contributed by atoms with Gasteiger partial charge in [-0.2, -0.15) is 5.10 Å². The number of nitrogens with two attached hydrogens (primary N) is 1. The largest absolute Gasteiger partial charge is 0.399 e. The summed E-state index contributed by atoms with van der Waals surface area (Å²) in [6.07, 6.45) is 0. The molecule has 2 aromatic carbocycles. The van der Waals surface area contributed by atoms with E-state index < -0.39 is 0 Å². The van der Waals surface area contributed by atoms with Crippen LogP contribution in [-0.2, 0) is 0 Å². The second-order valence-corrected chi connectivity index (χ2v) is 5.58. The van der Waals surface area contributed by atoms with Crippen molar-refractivity contribution >= 4 is 33.2 Å². The van der Waals surface area contributed by atoms with Gasteiger partial charge in [-0.05, 0) is 49.2 Å². The van der Waals surface area contributed by atoms with E-state index in [4.69, 9.17) is 5.73 Å². The van der Waals surface area contributed by atoms with Crippen LogP contribution in [0.1, 0.15) is 28.4 Å². The number of benzene rings is 2. The molecule has 0 atom stereocenters. The Labute approximate surface area is 132 Å². The molecule has 5 heteroatoms. The first-order chi connectivity index (χ1) is 9.97. The Kier molecular flexibility index (Phi) is 4.75. The fourth-order valence-corrected chi connectivity index (χ4v) is 2.14. The zero-order valence-corrected chi connectivity index (χ0v) is 13.4. The molecule has 0 aliphatic carbocycles. The van der Waals surface area contributed by atoms with Crippen molar-refractivity contribution in [3.63, 3.8) is 0 Å². The molecule has 108 valence electrons. The number of rotatable bonds is 3. The van der Waals surface area contributed by atoms with Gasteiger partial charge in [0, 0.05) is 15.7 Å². The van der Waals surface area contributed by atoms with Crippen LogP contribution < -0.4 is 11.2 Å². The predicted molar refractivity (Wildman–Crippen MR) is 89.4 cm³/mol. The molecule has 1 amide bonds. The van der Waals surface area contributed by atoms with Gasteiger partial charge in [0.15, 0.2) is 0 Å². The van der Waals surface area contributed by atoms with Crippen LogP contribution in [0.15, 0.2) is 52.0 Å². The van der Waals surface area contributed by atoms with E-state index in [-0.39, 0.29) is 5.91 Å². The number of aryl methyl sites for hydroxylation is 1. The van der Waals surface area contributed by atoms with Gasteiger partial charge in [-0.15, -0.1) is 0 Å². The number of hydrazone groups is 1. The number of carbonyl (C=O) groups is 1. The number of nitrogens with zero attached hydrogens (tertiary/aromatic N) is 1. The van der Waals surface area contributed by atoms with E-state index in [2.05, 4.69) is 26.5 Å². The zero-order valence-electron chi connectivity index (χ0n) is 11.9. The number of amides is 1. The second kappa shape index (κ2) is 6.54. The molecule has 0 saturated heterocycles. The lowest BCUT2D eigenvalue weighted by molar-refractivity contribution is 0.0955. The highest BCUT2D eigenvalue weighted by molar-refractivity contribution is 9.10. The molecule has 0 radical (unpaired) electrons. The van der Waals surface area contributed by atoms with Crippen molar-refractivity contribution in [2.24, 2.45) is 5.10 Å². The lowest BCUT2D eigenvalue weighted by Gasteiger charge is -2.05. The van der Waals surface area contributed by atoms with E-state index in [1.165, 1.54) is 0 Å². The van der Waals surface area contributed by atoms with Crippen LogP contribution in [0, 0.1) is 6.92 Å². The van der Waals surface area contributed by atoms with E-state index in [9.17, 15) is 4.79 Å². The van der Waals surface area contributed by atoms with Gasteiger partial charge in [-0.1, -0.05) is 34.1 Å². The van der Waals surface area contributed by atoms with E-state index in [1.54, 1.807) is 18.2 Å². The second-order valence-electron chi connectivity index (χ2n) is 4.73. The summed E-state index contributed by atoms with van der Waals surface area (Å²) in [5, 5.41) is 4.11. The van der Waals surface area contributed by atoms with Crippen LogP contribution >= 0.6 is 15.9 Å². The van der Waals surface area contributed by atoms with Gasteiger partial charge in [0.2, 0.25) is 0 Å². The topological polar surface area (TPSA) is 67.5 Å². The Bertz CT molecular complexity index is 710. The standard InChI is InChI=1S/C16H16BrN3O/c1-10-6-7-13(9-15(10)17)16(21)20-19-11(2)12-4-3-5-14(18)8-12/h3-9H,18H2,1-2H3,(H,20,21)/b19-11+. The number of nitrogens with one attached hydrogen (secondary N) is 1. The maximum Gasteiger partial charge on any atom is 0.271 e. The minimum atomic E-state index is -0.251. The fourth-order valence-electron chi connectivity index (χ4n) is 1.76. The molecular weight excluding hydrogens is 330 g/mol. The number of hydrogen-bond acceptors (Lipinski definition) is 3. The molecule has 0 aliphatic heterocycles. The van der Waals surface area contributed by atoms with Crippen molar-refractivity contribution in [3.8, 4) is 0 Å². The Morgan fingerprint density at radius 3 is 2.62 bits per heavy atom. The molecule has 21 heavy (non-hydrogen) atoms. The highest BCUT2D eigenvalue weighted by Crippen LogP contribution is 2.17. The number of nitrogen functional groups attached to an aromatic ring is 1. The molecule has 0 saturated carbocycles. The van der Waals surface area contributed by atoms with Crippen LogP contribution in [0.25, 0.3) is 0 Å². The summed E-state index contributed by atoms with van der Waals surface area (Å²) in [7, 11) is 0. The summed E-state index contributed by atoms with van der Waals surface area (Å²) in [6.45, 7) is 3.79. The normalized spacial score (nSPS) is 11.3. The van der Waals surface area contributed by atoms with E-state index in [0.29, 0.717) is 17.0 Å². The monoisotopic (exact) mass is 345 g/mol. The van der Waals surface area contributed by atoms with Crippen LogP contribution in [0.3, 0.4) is 0 Å².